The minimum Gasteiger partial charge on any atom is -0.389 e. The van der Waals surface area contributed by atoms with Crippen LogP contribution in [0.2, 0.25) is 0 Å². The van der Waals surface area contributed by atoms with Crippen LogP contribution in [0.1, 0.15) is 31.7 Å². The molecule has 0 amide bonds. The van der Waals surface area contributed by atoms with E-state index >= 15 is 0 Å². The standard InChI is InChI=1S/C16H19N3S/c1-2-16(7-8-16)10-18-14-9-12(15(17)20)11-5-3-4-6-13(11)19-14/h3-6,9H,2,7-8,10H2,1H3,(H2,17,20)(H,18,19). The van der Waals surface area contributed by atoms with E-state index < -0.39 is 0 Å². The highest BCUT2D eigenvalue weighted by Gasteiger charge is 2.40. The van der Waals surface area contributed by atoms with E-state index in [1.54, 1.807) is 0 Å². The van der Waals surface area contributed by atoms with Crippen molar-refractivity contribution in [3.8, 4) is 0 Å². The van der Waals surface area contributed by atoms with Crippen LogP contribution in [0.25, 0.3) is 10.9 Å². The molecule has 1 aromatic carbocycles. The number of para-hydroxylation sites is 1. The van der Waals surface area contributed by atoms with Crippen molar-refractivity contribution in [1.82, 2.24) is 4.98 Å². The summed E-state index contributed by atoms with van der Waals surface area (Å²) >= 11 is 5.16. The van der Waals surface area contributed by atoms with E-state index in [0.717, 1.165) is 28.8 Å². The molecule has 1 heterocycles. The van der Waals surface area contributed by atoms with Crippen molar-refractivity contribution in [2.45, 2.75) is 26.2 Å². The minimum atomic E-state index is 0.420. The molecule has 0 spiro atoms. The van der Waals surface area contributed by atoms with Gasteiger partial charge in [-0.2, -0.15) is 0 Å². The summed E-state index contributed by atoms with van der Waals surface area (Å²) in [5, 5.41) is 4.48. The number of nitrogens with two attached hydrogens (primary N) is 1. The smallest absolute Gasteiger partial charge is 0.127 e. The van der Waals surface area contributed by atoms with Crippen molar-refractivity contribution in [1.29, 1.82) is 0 Å². The summed E-state index contributed by atoms with van der Waals surface area (Å²) in [5.74, 6) is 0.867. The molecule has 0 bridgehead atoms. The molecule has 20 heavy (non-hydrogen) atoms. The number of thiocarbonyl (C=S) groups is 1. The molecule has 0 radical (unpaired) electrons. The Kier molecular flexibility index (Phi) is 3.34. The van der Waals surface area contributed by atoms with Gasteiger partial charge in [-0.15, -0.1) is 0 Å². The maximum Gasteiger partial charge on any atom is 0.127 e. The largest absolute Gasteiger partial charge is 0.389 e. The Hall–Kier alpha value is -1.68. The van der Waals surface area contributed by atoms with Crippen LogP contribution in [-0.2, 0) is 0 Å². The van der Waals surface area contributed by atoms with Crippen LogP contribution in [0.5, 0.6) is 0 Å². The lowest BCUT2D eigenvalue weighted by Gasteiger charge is -2.15. The Morgan fingerprint density at radius 2 is 2.15 bits per heavy atom. The molecule has 0 unspecified atom stereocenters. The van der Waals surface area contributed by atoms with Gasteiger partial charge in [-0.3, -0.25) is 0 Å². The van der Waals surface area contributed by atoms with E-state index in [-0.39, 0.29) is 0 Å². The SMILES string of the molecule is CCC1(CNc2cc(C(N)=S)c3ccccc3n2)CC1. The third kappa shape index (κ3) is 2.48. The molecule has 1 fully saturated rings. The minimum absolute atomic E-state index is 0.420. The molecule has 3 rings (SSSR count). The van der Waals surface area contributed by atoms with Crippen molar-refractivity contribution in [3.05, 3.63) is 35.9 Å². The van der Waals surface area contributed by atoms with E-state index in [0.29, 0.717) is 10.4 Å². The number of rotatable bonds is 5. The van der Waals surface area contributed by atoms with E-state index in [4.69, 9.17) is 18.0 Å². The molecule has 3 N–H and O–H groups in total. The van der Waals surface area contributed by atoms with E-state index in [1.165, 1.54) is 19.3 Å². The summed E-state index contributed by atoms with van der Waals surface area (Å²) in [4.78, 5) is 5.08. The highest BCUT2D eigenvalue weighted by atomic mass is 32.1. The Labute approximate surface area is 124 Å². The zero-order valence-corrected chi connectivity index (χ0v) is 12.5. The predicted molar refractivity (Wildman–Crippen MR) is 88.1 cm³/mol. The van der Waals surface area contributed by atoms with Gasteiger partial charge >= 0.3 is 0 Å². The number of hydrogen-bond acceptors (Lipinski definition) is 3. The molecule has 3 nitrogen and oxygen atoms in total. The molecule has 1 saturated carbocycles. The number of benzene rings is 1. The maximum atomic E-state index is 5.85. The number of hydrogen-bond donors (Lipinski definition) is 2. The van der Waals surface area contributed by atoms with Crippen molar-refractivity contribution in [2.24, 2.45) is 11.1 Å². The first kappa shape index (κ1) is 13.3. The lowest BCUT2D eigenvalue weighted by molar-refractivity contribution is 0.521. The van der Waals surface area contributed by atoms with Crippen LogP contribution >= 0.6 is 12.2 Å². The van der Waals surface area contributed by atoms with Crippen LogP contribution in [0.15, 0.2) is 30.3 Å². The van der Waals surface area contributed by atoms with Gasteiger partial charge in [0.25, 0.3) is 0 Å². The average molecular weight is 285 g/mol. The normalized spacial score (nSPS) is 16.1. The van der Waals surface area contributed by atoms with Gasteiger partial charge in [0, 0.05) is 17.5 Å². The Bertz CT molecular complexity index is 662. The van der Waals surface area contributed by atoms with Crippen molar-refractivity contribution in [2.75, 3.05) is 11.9 Å². The number of aromatic nitrogens is 1. The molecule has 0 saturated heterocycles. The summed E-state index contributed by atoms with van der Waals surface area (Å²) < 4.78 is 0. The van der Waals surface area contributed by atoms with Gasteiger partial charge in [-0.1, -0.05) is 37.3 Å². The maximum absolute atomic E-state index is 5.85. The number of nitrogens with one attached hydrogen (secondary N) is 1. The second-order valence-electron chi connectivity index (χ2n) is 5.64. The highest BCUT2D eigenvalue weighted by Crippen LogP contribution is 2.48. The Balaban J connectivity index is 1.93. The second-order valence-corrected chi connectivity index (χ2v) is 6.08. The van der Waals surface area contributed by atoms with E-state index in [1.807, 2.05) is 30.3 Å². The van der Waals surface area contributed by atoms with Crippen LogP contribution in [-0.4, -0.2) is 16.5 Å². The number of pyridine rings is 1. The van der Waals surface area contributed by atoms with Gasteiger partial charge in [0.1, 0.15) is 10.8 Å². The number of fused-ring (bicyclic) bond motifs is 1. The van der Waals surface area contributed by atoms with Crippen molar-refractivity contribution in [3.63, 3.8) is 0 Å². The fourth-order valence-electron chi connectivity index (χ4n) is 2.58. The third-order valence-electron chi connectivity index (χ3n) is 4.33. The van der Waals surface area contributed by atoms with E-state index in [2.05, 4.69) is 17.2 Å². The van der Waals surface area contributed by atoms with Gasteiger partial charge in [0.15, 0.2) is 0 Å². The van der Waals surface area contributed by atoms with Gasteiger partial charge in [-0.25, -0.2) is 4.98 Å². The monoisotopic (exact) mass is 285 g/mol. The van der Waals surface area contributed by atoms with Crippen molar-refractivity contribution >= 4 is 33.9 Å². The fraction of sp³-hybridized carbons (Fsp3) is 0.375. The lowest BCUT2D eigenvalue weighted by Crippen LogP contribution is -2.16. The molecule has 0 aliphatic heterocycles. The average Bonchev–Trinajstić information content (AvgIpc) is 3.25. The number of anilines is 1. The zero-order chi connectivity index (χ0) is 14.2. The highest BCUT2D eigenvalue weighted by molar-refractivity contribution is 7.80. The van der Waals surface area contributed by atoms with Crippen LogP contribution < -0.4 is 11.1 Å². The second kappa shape index (κ2) is 5.02. The summed E-state index contributed by atoms with van der Waals surface area (Å²) in [6, 6.07) is 9.94. The topological polar surface area (TPSA) is 50.9 Å². The Morgan fingerprint density at radius 1 is 1.40 bits per heavy atom. The fourth-order valence-corrected chi connectivity index (χ4v) is 2.75. The van der Waals surface area contributed by atoms with E-state index in [9.17, 15) is 0 Å². The van der Waals surface area contributed by atoms with Crippen LogP contribution in [0, 0.1) is 5.41 Å². The Morgan fingerprint density at radius 3 is 2.80 bits per heavy atom. The van der Waals surface area contributed by atoms with Gasteiger partial charge < -0.3 is 11.1 Å². The third-order valence-corrected chi connectivity index (χ3v) is 4.55. The lowest BCUT2D eigenvalue weighted by atomic mass is 10.0. The van der Waals surface area contributed by atoms with Crippen LogP contribution in [0.4, 0.5) is 5.82 Å². The molecular formula is C16H19N3S. The van der Waals surface area contributed by atoms with Gasteiger partial charge in [-0.05, 0) is 36.8 Å². The first-order chi connectivity index (χ1) is 9.63. The summed E-state index contributed by atoms with van der Waals surface area (Å²) in [6.07, 6.45) is 3.84. The molecule has 0 atom stereocenters. The molecule has 1 aliphatic rings. The zero-order valence-electron chi connectivity index (χ0n) is 11.6. The summed E-state index contributed by atoms with van der Waals surface area (Å²) in [7, 11) is 0. The van der Waals surface area contributed by atoms with Gasteiger partial charge in [0.2, 0.25) is 0 Å². The summed E-state index contributed by atoms with van der Waals surface area (Å²) in [6.45, 7) is 3.23. The first-order valence-electron chi connectivity index (χ1n) is 7.07. The first-order valence-corrected chi connectivity index (χ1v) is 7.48. The molecule has 104 valence electrons. The van der Waals surface area contributed by atoms with Crippen LogP contribution in [0.3, 0.4) is 0 Å². The molecule has 1 aromatic heterocycles. The molecular weight excluding hydrogens is 266 g/mol. The number of nitrogens with zero attached hydrogens (tertiary/aromatic N) is 1. The summed E-state index contributed by atoms with van der Waals surface area (Å²) in [5.41, 5.74) is 8.16. The molecule has 4 heteroatoms. The van der Waals surface area contributed by atoms with Gasteiger partial charge in [0.05, 0.1) is 5.52 Å². The molecule has 1 aliphatic carbocycles. The predicted octanol–water partition coefficient (Wildman–Crippen LogP) is 3.47. The molecule has 2 aromatic rings. The van der Waals surface area contributed by atoms with Crippen molar-refractivity contribution < 1.29 is 0 Å². The quantitative estimate of drug-likeness (QED) is 0.826.